The fourth-order valence-corrected chi connectivity index (χ4v) is 0.827. The van der Waals surface area contributed by atoms with Crippen LogP contribution in [0.15, 0.2) is 12.3 Å². The van der Waals surface area contributed by atoms with Gasteiger partial charge in [0, 0.05) is 6.20 Å². The second-order valence-electron chi connectivity index (χ2n) is 2.90. The predicted octanol–water partition coefficient (Wildman–Crippen LogP) is -0.978. The molecule has 0 spiro atoms. The maximum Gasteiger partial charge on any atom is 0.237 e. The number of nitrogens with zero attached hydrogens (tertiary/aromatic N) is 2. The van der Waals surface area contributed by atoms with Gasteiger partial charge in [-0.25, -0.2) is 9.97 Å². The van der Waals surface area contributed by atoms with Crippen molar-refractivity contribution in [2.24, 2.45) is 5.73 Å². The van der Waals surface area contributed by atoms with E-state index in [4.69, 9.17) is 11.5 Å². The van der Waals surface area contributed by atoms with E-state index in [2.05, 4.69) is 15.3 Å². The van der Waals surface area contributed by atoms with E-state index in [1.54, 1.807) is 13.0 Å². The van der Waals surface area contributed by atoms with Crippen LogP contribution >= 0.6 is 0 Å². The molecule has 0 saturated heterocycles. The first-order valence-electron chi connectivity index (χ1n) is 4.20. The largest absolute Gasteiger partial charge is 0.384 e. The summed E-state index contributed by atoms with van der Waals surface area (Å²) in [5.74, 6) is 0.611. The molecule has 0 aromatic carbocycles. The number of hydrogen-bond acceptors (Lipinski definition) is 5. The molecule has 0 aliphatic rings. The van der Waals surface area contributed by atoms with Gasteiger partial charge in [0.15, 0.2) is 0 Å². The number of carbonyl (C=O) groups is 1. The van der Waals surface area contributed by atoms with E-state index in [0.717, 1.165) is 0 Å². The normalized spacial score (nSPS) is 12.1. The molecular weight excluding hydrogens is 182 g/mol. The minimum absolute atomic E-state index is 0.240. The molecule has 0 aliphatic heterocycles. The monoisotopic (exact) mass is 195 g/mol. The highest BCUT2D eigenvalue weighted by Crippen LogP contribution is 1.95. The summed E-state index contributed by atoms with van der Waals surface area (Å²) in [6.45, 7) is 1.85. The minimum Gasteiger partial charge on any atom is -0.384 e. The van der Waals surface area contributed by atoms with Crippen molar-refractivity contribution in [3.05, 3.63) is 18.1 Å². The smallest absolute Gasteiger partial charge is 0.237 e. The molecule has 6 heteroatoms. The third-order valence-electron chi connectivity index (χ3n) is 1.56. The van der Waals surface area contributed by atoms with Crippen LogP contribution in [-0.2, 0) is 11.3 Å². The summed E-state index contributed by atoms with van der Waals surface area (Å²) in [5.41, 5.74) is 10.8. The van der Waals surface area contributed by atoms with Crippen LogP contribution in [-0.4, -0.2) is 21.9 Å². The van der Waals surface area contributed by atoms with Crippen LogP contribution in [0.5, 0.6) is 0 Å². The third kappa shape index (κ3) is 2.98. The molecule has 0 saturated carbocycles. The molecule has 5 N–H and O–H groups in total. The van der Waals surface area contributed by atoms with Gasteiger partial charge in [-0.05, 0) is 13.0 Å². The molecule has 0 unspecified atom stereocenters. The fourth-order valence-electron chi connectivity index (χ4n) is 0.827. The van der Waals surface area contributed by atoms with Crippen molar-refractivity contribution >= 4 is 11.7 Å². The molecule has 1 amide bonds. The van der Waals surface area contributed by atoms with Gasteiger partial charge in [0.2, 0.25) is 5.91 Å². The van der Waals surface area contributed by atoms with E-state index >= 15 is 0 Å². The molecule has 14 heavy (non-hydrogen) atoms. The van der Waals surface area contributed by atoms with Gasteiger partial charge in [0.05, 0.1) is 12.6 Å². The second kappa shape index (κ2) is 4.52. The summed E-state index contributed by atoms with van der Waals surface area (Å²) >= 11 is 0. The molecule has 0 radical (unpaired) electrons. The Morgan fingerprint density at radius 3 is 3.00 bits per heavy atom. The Bertz CT molecular complexity index is 325. The second-order valence-corrected chi connectivity index (χ2v) is 2.90. The molecule has 76 valence electrons. The van der Waals surface area contributed by atoms with Gasteiger partial charge < -0.3 is 16.8 Å². The fraction of sp³-hybridized carbons (Fsp3) is 0.375. The lowest BCUT2D eigenvalue weighted by atomic mass is 10.3. The Morgan fingerprint density at radius 1 is 1.71 bits per heavy atom. The van der Waals surface area contributed by atoms with E-state index in [1.165, 1.54) is 6.20 Å². The van der Waals surface area contributed by atoms with E-state index < -0.39 is 6.04 Å². The van der Waals surface area contributed by atoms with Gasteiger partial charge in [-0.3, -0.25) is 4.79 Å². The molecule has 1 aromatic rings. The summed E-state index contributed by atoms with van der Waals surface area (Å²) in [6, 6.07) is 1.05. The lowest BCUT2D eigenvalue weighted by molar-refractivity contribution is -0.122. The Labute approximate surface area is 81.7 Å². The van der Waals surface area contributed by atoms with E-state index in [1.807, 2.05) is 0 Å². The lowest BCUT2D eigenvalue weighted by Crippen LogP contribution is -2.38. The number of carbonyl (C=O) groups excluding carboxylic acids is 1. The Hall–Kier alpha value is -1.69. The van der Waals surface area contributed by atoms with Crippen molar-refractivity contribution in [2.45, 2.75) is 19.5 Å². The van der Waals surface area contributed by atoms with Crippen LogP contribution in [0.3, 0.4) is 0 Å². The highest BCUT2D eigenvalue weighted by molar-refractivity contribution is 5.80. The number of rotatable bonds is 3. The summed E-state index contributed by atoms with van der Waals surface area (Å²) in [7, 11) is 0. The van der Waals surface area contributed by atoms with Crippen molar-refractivity contribution in [3.63, 3.8) is 0 Å². The zero-order chi connectivity index (χ0) is 10.6. The summed E-state index contributed by atoms with van der Waals surface area (Å²) in [4.78, 5) is 18.9. The summed E-state index contributed by atoms with van der Waals surface area (Å²) < 4.78 is 0. The van der Waals surface area contributed by atoms with E-state index in [0.29, 0.717) is 11.6 Å². The van der Waals surface area contributed by atoms with Crippen molar-refractivity contribution < 1.29 is 4.79 Å². The van der Waals surface area contributed by atoms with Crippen LogP contribution in [0.25, 0.3) is 0 Å². The number of nitrogens with one attached hydrogen (secondary N) is 1. The van der Waals surface area contributed by atoms with Crippen LogP contribution in [0.4, 0.5) is 5.82 Å². The number of nitrogen functional groups attached to an aromatic ring is 1. The first kappa shape index (κ1) is 10.4. The molecule has 0 fully saturated rings. The molecule has 1 aromatic heterocycles. The Balaban J connectivity index is 2.50. The van der Waals surface area contributed by atoms with Gasteiger partial charge in [0.25, 0.3) is 0 Å². The number of anilines is 1. The molecular formula is C8H13N5O. The summed E-state index contributed by atoms with van der Waals surface area (Å²) in [5, 5.41) is 2.58. The number of hydrogen-bond donors (Lipinski definition) is 3. The van der Waals surface area contributed by atoms with Crippen molar-refractivity contribution in [2.75, 3.05) is 5.73 Å². The van der Waals surface area contributed by atoms with Gasteiger partial charge in [-0.2, -0.15) is 0 Å². The molecule has 0 bridgehead atoms. The quantitative estimate of drug-likeness (QED) is 0.574. The first-order valence-corrected chi connectivity index (χ1v) is 4.20. The average molecular weight is 195 g/mol. The van der Waals surface area contributed by atoms with Crippen LogP contribution in [0, 0.1) is 0 Å². The van der Waals surface area contributed by atoms with Gasteiger partial charge in [0.1, 0.15) is 11.6 Å². The highest BCUT2D eigenvalue weighted by Gasteiger charge is 2.06. The lowest BCUT2D eigenvalue weighted by Gasteiger charge is -2.06. The zero-order valence-corrected chi connectivity index (χ0v) is 7.90. The molecule has 6 nitrogen and oxygen atoms in total. The molecule has 1 rings (SSSR count). The van der Waals surface area contributed by atoms with Crippen molar-refractivity contribution in [3.8, 4) is 0 Å². The topological polar surface area (TPSA) is 107 Å². The Morgan fingerprint density at radius 2 is 2.43 bits per heavy atom. The highest BCUT2D eigenvalue weighted by atomic mass is 16.2. The van der Waals surface area contributed by atoms with Gasteiger partial charge in [-0.15, -0.1) is 0 Å². The minimum atomic E-state index is -0.531. The van der Waals surface area contributed by atoms with Crippen LogP contribution < -0.4 is 16.8 Å². The third-order valence-corrected chi connectivity index (χ3v) is 1.56. The van der Waals surface area contributed by atoms with Crippen molar-refractivity contribution in [1.29, 1.82) is 0 Å². The predicted molar refractivity (Wildman–Crippen MR) is 51.9 cm³/mol. The SMILES string of the molecule is C[C@@H](N)C(=O)NCc1nccc(N)n1. The van der Waals surface area contributed by atoms with Crippen LogP contribution in [0.1, 0.15) is 12.7 Å². The molecule has 0 aliphatic carbocycles. The first-order chi connectivity index (χ1) is 6.59. The standard InChI is InChI=1S/C8H13N5O/c1-5(9)8(14)12-4-7-11-3-2-6(10)13-7/h2-3,5H,4,9H2,1H3,(H,12,14)(H2,10,11,13)/t5-/m1/s1. The number of nitrogens with two attached hydrogens (primary N) is 2. The molecule has 1 heterocycles. The van der Waals surface area contributed by atoms with Gasteiger partial charge >= 0.3 is 0 Å². The maximum atomic E-state index is 11.1. The van der Waals surface area contributed by atoms with Gasteiger partial charge in [-0.1, -0.05) is 0 Å². The van der Waals surface area contributed by atoms with E-state index in [9.17, 15) is 4.79 Å². The molecule has 1 atom stereocenters. The zero-order valence-electron chi connectivity index (χ0n) is 7.90. The van der Waals surface area contributed by atoms with Crippen LogP contribution in [0.2, 0.25) is 0 Å². The summed E-state index contributed by atoms with van der Waals surface area (Å²) in [6.07, 6.45) is 1.54. The maximum absolute atomic E-state index is 11.1. The van der Waals surface area contributed by atoms with E-state index in [-0.39, 0.29) is 12.5 Å². The van der Waals surface area contributed by atoms with Crippen molar-refractivity contribution in [1.82, 2.24) is 15.3 Å². The number of amides is 1. The average Bonchev–Trinajstić information content (AvgIpc) is 2.14. The number of aromatic nitrogens is 2. The Kier molecular flexibility index (Phi) is 3.35.